The fourth-order valence-electron chi connectivity index (χ4n) is 3.60. The van der Waals surface area contributed by atoms with Crippen molar-refractivity contribution < 1.29 is 32.7 Å². The number of nitrogens with zero attached hydrogens (tertiary/aromatic N) is 1. The van der Waals surface area contributed by atoms with E-state index in [4.69, 9.17) is 19.5 Å². The highest BCUT2D eigenvalue weighted by molar-refractivity contribution is 7.47. The van der Waals surface area contributed by atoms with Gasteiger partial charge in [-0.05, 0) is 41.0 Å². The minimum Gasteiger partial charge on any atom is -0.387 e. The van der Waals surface area contributed by atoms with Gasteiger partial charge in [-0.2, -0.15) is 0 Å². The molecule has 0 aromatic carbocycles. The topological polar surface area (TPSA) is 166 Å². The molecule has 1 aromatic rings. The predicted molar refractivity (Wildman–Crippen MR) is 105 cm³/mol. The lowest BCUT2D eigenvalue weighted by molar-refractivity contribution is -0.0638. The van der Waals surface area contributed by atoms with Gasteiger partial charge in [-0.1, -0.05) is 0 Å². The number of aromatic nitrogens is 2. The van der Waals surface area contributed by atoms with Gasteiger partial charge in [0.1, 0.15) is 12.2 Å². The van der Waals surface area contributed by atoms with E-state index in [2.05, 4.69) is 0 Å². The van der Waals surface area contributed by atoms with Crippen LogP contribution in [0.5, 0.6) is 0 Å². The molecule has 5 unspecified atom stereocenters. The van der Waals surface area contributed by atoms with Gasteiger partial charge in [0.2, 0.25) is 0 Å². The molecule has 1 fully saturated rings. The number of nitrogens with two attached hydrogens (primary N) is 1. The zero-order valence-corrected chi connectivity index (χ0v) is 18.4. The summed E-state index contributed by atoms with van der Waals surface area (Å²) in [5.74, 6) is 0. The number of phosphoric acid groups is 1. The summed E-state index contributed by atoms with van der Waals surface area (Å²) in [5, 5.41) is 10.3. The van der Waals surface area contributed by atoms with Crippen molar-refractivity contribution in [1.82, 2.24) is 9.55 Å². The molecule has 2 rings (SSSR count). The first-order chi connectivity index (χ1) is 13.4. The number of halogens is 1. The summed E-state index contributed by atoms with van der Waals surface area (Å²) in [6.45, 7) is 6.89. The van der Waals surface area contributed by atoms with E-state index in [-0.39, 0.29) is 6.42 Å². The van der Waals surface area contributed by atoms with Gasteiger partial charge in [-0.3, -0.25) is 23.4 Å². The van der Waals surface area contributed by atoms with Crippen LogP contribution in [0.4, 0.5) is 4.39 Å². The number of nitrogens with one attached hydrogen (secondary N) is 1. The fourth-order valence-corrected chi connectivity index (χ4v) is 4.68. The van der Waals surface area contributed by atoms with E-state index in [1.807, 2.05) is 4.98 Å². The monoisotopic (exact) mass is 453 g/mol. The van der Waals surface area contributed by atoms with E-state index >= 15 is 4.39 Å². The second kappa shape index (κ2) is 8.27. The molecule has 11 nitrogen and oxygen atoms in total. The average Bonchev–Trinajstić information content (AvgIpc) is 2.73. The molecule has 172 valence electrons. The average molecular weight is 453 g/mol. The zero-order chi connectivity index (χ0) is 23.1. The summed E-state index contributed by atoms with van der Waals surface area (Å²) in [7, 11) is -4.61. The molecular weight excluding hydrogens is 424 g/mol. The van der Waals surface area contributed by atoms with Crippen molar-refractivity contribution in [3.63, 3.8) is 0 Å². The number of ether oxygens (including phenoxy) is 1. The van der Waals surface area contributed by atoms with Gasteiger partial charge < -0.3 is 20.5 Å². The number of aromatic amines is 1. The lowest BCUT2D eigenvalue weighted by Crippen LogP contribution is -2.43. The van der Waals surface area contributed by atoms with Crippen LogP contribution in [0.3, 0.4) is 0 Å². The minimum absolute atomic E-state index is 0.232. The van der Waals surface area contributed by atoms with E-state index in [0.29, 0.717) is 0 Å². The van der Waals surface area contributed by atoms with E-state index in [0.717, 1.165) is 23.8 Å². The van der Waals surface area contributed by atoms with Crippen molar-refractivity contribution in [3.05, 3.63) is 33.1 Å². The Bertz CT molecular complexity index is 923. The molecule has 1 aromatic heterocycles. The van der Waals surface area contributed by atoms with Crippen molar-refractivity contribution in [2.75, 3.05) is 6.61 Å². The maximum Gasteiger partial charge on any atom is 0.472 e. The van der Waals surface area contributed by atoms with Gasteiger partial charge in [0.15, 0.2) is 11.9 Å². The molecule has 5 atom stereocenters. The van der Waals surface area contributed by atoms with Crippen molar-refractivity contribution in [2.24, 2.45) is 5.73 Å². The molecule has 1 aliphatic rings. The van der Waals surface area contributed by atoms with Gasteiger partial charge in [0.05, 0.1) is 12.2 Å². The molecule has 0 spiro atoms. The van der Waals surface area contributed by atoms with Gasteiger partial charge in [0.25, 0.3) is 5.56 Å². The smallest absolute Gasteiger partial charge is 0.387 e. The summed E-state index contributed by atoms with van der Waals surface area (Å²) in [6, 6.07) is 0.994. The fraction of sp³-hybridized carbons (Fsp3) is 0.765. The van der Waals surface area contributed by atoms with Gasteiger partial charge in [-0.25, -0.2) is 13.8 Å². The summed E-state index contributed by atoms with van der Waals surface area (Å²) in [5.41, 5.74) is 0.0450. The lowest BCUT2D eigenvalue weighted by Gasteiger charge is -2.33. The first kappa shape index (κ1) is 24.9. The highest BCUT2D eigenvalue weighted by Crippen LogP contribution is 2.50. The number of aliphatic hydroxyl groups is 1. The van der Waals surface area contributed by atoms with Crippen molar-refractivity contribution in [1.29, 1.82) is 0 Å². The van der Waals surface area contributed by atoms with Gasteiger partial charge in [-0.15, -0.1) is 0 Å². The lowest BCUT2D eigenvalue weighted by atomic mass is 9.91. The normalized spacial score (nSPS) is 29.7. The number of hydrogen-bond acceptors (Lipinski definition) is 8. The van der Waals surface area contributed by atoms with Crippen LogP contribution in [-0.4, -0.2) is 55.2 Å². The Hall–Kier alpha value is -1.40. The summed E-state index contributed by atoms with van der Waals surface area (Å²) >= 11 is 0. The molecule has 0 aliphatic carbocycles. The van der Waals surface area contributed by atoms with Crippen LogP contribution in [-0.2, 0) is 18.3 Å². The van der Waals surface area contributed by atoms with Crippen molar-refractivity contribution >= 4 is 7.82 Å². The van der Waals surface area contributed by atoms with Crippen LogP contribution >= 0.6 is 7.82 Å². The molecule has 5 N–H and O–H groups in total. The molecule has 30 heavy (non-hydrogen) atoms. The number of H-pyrrole nitrogens is 1. The molecule has 2 heterocycles. The van der Waals surface area contributed by atoms with Crippen molar-refractivity contribution in [3.8, 4) is 0 Å². The van der Waals surface area contributed by atoms with Crippen LogP contribution in [0.2, 0.25) is 0 Å². The van der Waals surface area contributed by atoms with Gasteiger partial charge in [0, 0.05) is 17.8 Å². The number of hydrogen-bond donors (Lipinski definition) is 4. The predicted octanol–water partition coefficient (Wildman–Crippen LogP) is 0.563. The Kier molecular flexibility index (Phi) is 6.85. The quantitative estimate of drug-likeness (QED) is 0.411. The Morgan fingerprint density at radius 3 is 2.53 bits per heavy atom. The molecule has 0 amide bonds. The third kappa shape index (κ3) is 6.07. The van der Waals surface area contributed by atoms with Crippen molar-refractivity contribution in [2.45, 2.75) is 76.3 Å². The highest BCUT2D eigenvalue weighted by atomic mass is 31.2. The first-order valence-corrected chi connectivity index (χ1v) is 10.7. The van der Waals surface area contributed by atoms with Crippen LogP contribution in [0.15, 0.2) is 21.9 Å². The third-order valence-electron chi connectivity index (χ3n) is 4.47. The Morgan fingerprint density at radius 1 is 1.40 bits per heavy atom. The second-order valence-electron chi connectivity index (χ2n) is 8.92. The van der Waals surface area contributed by atoms with Gasteiger partial charge >= 0.3 is 13.5 Å². The van der Waals surface area contributed by atoms with E-state index in [1.54, 1.807) is 27.7 Å². The Morgan fingerprint density at radius 2 is 2.00 bits per heavy atom. The minimum atomic E-state index is -4.61. The number of alkyl halides is 1. The Labute approximate surface area is 172 Å². The maximum atomic E-state index is 15.1. The molecular formula is C17H29FN3O8P. The number of rotatable bonds is 8. The molecule has 0 saturated carbocycles. The van der Waals surface area contributed by atoms with Crippen LogP contribution in [0.25, 0.3) is 0 Å². The number of phosphoric ester groups is 1. The molecule has 1 aliphatic heterocycles. The van der Waals surface area contributed by atoms with Crippen LogP contribution < -0.4 is 17.0 Å². The standard InChI is InChI=1S/C17H29FN3O8P/c1-15(2,19)9-16(3,4)29-30(25,26)27-8-10-12(23)17(5,18)13(28-10)21-7-6-11(22)20-14(21)24/h6-7,10,12-13,23H,8-9,19H2,1-5H3,(H,25,26)(H,20,22,24). The SMILES string of the molecule is CC(C)(N)CC(C)(C)OP(=O)(O)OCC1OC(n2ccc(=O)[nH]c2=O)C(C)(F)C1O. The Balaban J connectivity index is 2.11. The molecule has 13 heteroatoms. The third-order valence-corrected chi connectivity index (χ3v) is 5.67. The van der Waals surface area contributed by atoms with E-state index < -0.39 is 60.9 Å². The highest BCUT2D eigenvalue weighted by Gasteiger charge is 2.55. The largest absolute Gasteiger partial charge is 0.472 e. The summed E-state index contributed by atoms with van der Waals surface area (Å²) in [4.78, 5) is 35.1. The first-order valence-electron chi connectivity index (χ1n) is 9.24. The molecule has 0 bridgehead atoms. The maximum absolute atomic E-state index is 15.1. The molecule has 1 saturated heterocycles. The molecule has 0 radical (unpaired) electrons. The van der Waals surface area contributed by atoms with E-state index in [9.17, 15) is 24.2 Å². The number of aliphatic hydroxyl groups excluding tert-OH is 1. The second-order valence-corrected chi connectivity index (χ2v) is 10.3. The summed E-state index contributed by atoms with van der Waals surface area (Å²) in [6.07, 6.45) is -3.52. The summed E-state index contributed by atoms with van der Waals surface area (Å²) < 4.78 is 43.7. The zero-order valence-electron chi connectivity index (χ0n) is 17.5. The van der Waals surface area contributed by atoms with Crippen LogP contribution in [0, 0.1) is 0 Å². The van der Waals surface area contributed by atoms with E-state index in [1.165, 1.54) is 0 Å². The van der Waals surface area contributed by atoms with Crippen LogP contribution in [0.1, 0.15) is 47.3 Å².